The van der Waals surface area contributed by atoms with Crippen LogP contribution in [0.3, 0.4) is 0 Å². The minimum absolute atomic E-state index is 0.283. The zero-order valence-corrected chi connectivity index (χ0v) is 10.0. The summed E-state index contributed by atoms with van der Waals surface area (Å²) < 4.78 is 0. The summed E-state index contributed by atoms with van der Waals surface area (Å²) >= 11 is 1.74. The second-order valence-corrected chi connectivity index (χ2v) is 4.58. The molecular weight excluding hydrogens is 234 g/mol. The van der Waals surface area contributed by atoms with Crippen LogP contribution in [0.5, 0.6) is 0 Å². The standard InChI is InChI=1S/C12H13N3OS/c13-12(16)11-8-9(3-5-15-11)14-6-4-10-2-1-7-17-10/h1-3,5,7-8H,4,6H2,(H2,13,16)(H,14,15). The minimum atomic E-state index is -0.507. The van der Waals surface area contributed by atoms with Gasteiger partial charge in [-0.25, -0.2) is 0 Å². The normalized spacial score (nSPS) is 10.1. The molecule has 2 aromatic rings. The molecule has 5 heteroatoms. The summed E-state index contributed by atoms with van der Waals surface area (Å²) in [7, 11) is 0. The van der Waals surface area contributed by atoms with Gasteiger partial charge in [0.15, 0.2) is 0 Å². The number of aromatic nitrogens is 1. The lowest BCUT2D eigenvalue weighted by molar-refractivity contribution is 0.0995. The quantitative estimate of drug-likeness (QED) is 0.848. The van der Waals surface area contributed by atoms with Crippen molar-refractivity contribution in [3.8, 4) is 0 Å². The van der Waals surface area contributed by atoms with Crippen molar-refractivity contribution < 1.29 is 4.79 Å². The summed E-state index contributed by atoms with van der Waals surface area (Å²) in [5.74, 6) is -0.507. The van der Waals surface area contributed by atoms with E-state index in [9.17, 15) is 4.79 Å². The highest BCUT2D eigenvalue weighted by Gasteiger charge is 2.02. The smallest absolute Gasteiger partial charge is 0.267 e. The van der Waals surface area contributed by atoms with Crippen molar-refractivity contribution in [2.45, 2.75) is 6.42 Å². The maximum Gasteiger partial charge on any atom is 0.267 e. The van der Waals surface area contributed by atoms with Gasteiger partial charge in [-0.1, -0.05) is 6.07 Å². The van der Waals surface area contributed by atoms with E-state index >= 15 is 0 Å². The SMILES string of the molecule is NC(=O)c1cc(NCCc2cccs2)ccn1. The molecule has 0 fully saturated rings. The van der Waals surface area contributed by atoms with E-state index in [1.54, 1.807) is 23.6 Å². The van der Waals surface area contributed by atoms with Gasteiger partial charge in [-0.15, -0.1) is 11.3 Å². The summed E-state index contributed by atoms with van der Waals surface area (Å²) in [5.41, 5.74) is 6.31. The molecule has 0 bridgehead atoms. The van der Waals surface area contributed by atoms with E-state index in [1.165, 1.54) is 4.88 Å². The molecule has 0 saturated carbocycles. The van der Waals surface area contributed by atoms with E-state index in [0.717, 1.165) is 18.7 Å². The molecule has 0 radical (unpaired) electrons. The molecule has 17 heavy (non-hydrogen) atoms. The Morgan fingerprint density at radius 1 is 1.47 bits per heavy atom. The Bertz CT molecular complexity index is 496. The Balaban J connectivity index is 1.90. The first-order valence-electron chi connectivity index (χ1n) is 5.28. The van der Waals surface area contributed by atoms with E-state index in [2.05, 4.69) is 21.7 Å². The molecule has 88 valence electrons. The Hall–Kier alpha value is -1.88. The van der Waals surface area contributed by atoms with Crippen molar-refractivity contribution in [2.75, 3.05) is 11.9 Å². The fraction of sp³-hybridized carbons (Fsp3) is 0.167. The van der Waals surface area contributed by atoms with E-state index in [0.29, 0.717) is 0 Å². The molecule has 1 amide bonds. The monoisotopic (exact) mass is 247 g/mol. The molecule has 0 spiro atoms. The van der Waals surface area contributed by atoms with Crippen molar-refractivity contribution in [1.29, 1.82) is 0 Å². The van der Waals surface area contributed by atoms with Gasteiger partial charge in [0.05, 0.1) is 0 Å². The van der Waals surface area contributed by atoms with Gasteiger partial charge in [0, 0.05) is 23.3 Å². The van der Waals surface area contributed by atoms with Crippen LogP contribution in [0.1, 0.15) is 15.4 Å². The lowest BCUT2D eigenvalue weighted by Crippen LogP contribution is -2.13. The summed E-state index contributed by atoms with van der Waals surface area (Å²) in [5, 5.41) is 5.30. The Morgan fingerprint density at radius 3 is 3.06 bits per heavy atom. The third-order valence-corrected chi connectivity index (χ3v) is 3.23. The lowest BCUT2D eigenvalue weighted by Gasteiger charge is -2.05. The summed E-state index contributed by atoms with van der Waals surface area (Å²) in [6.45, 7) is 0.822. The van der Waals surface area contributed by atoms with Crippen molar-refractivity contribution in [1.82, 2.24) is 4.98 Å². The van der Waals surface area contributed by atoms with E-state index in [1.807, 2.05) is 12.1 Å². The number of hydrogen-bond donors (Lipinski definition) is 2. The maximum atomic E-state index is 10.9. The van der Waals surface area contributed by atoms with Crippen LogP contribution in [0, 0.1) is 0 Å². The molecule has 4 nitrogen and oxygen atoms in total. The number of primary amides is 1. The van der Waals surface area contributed by atoms with Crippen LogP contribution in [-0.4, -0.2) is 17.4 Å². The molecule has 2 heterocycles. The molecule has 0 aliphatic rings. The highest BCUT2D eigenvalue weighted by Crippen LogP contribution is 2.11. The second kappa shape index (κ2) is 5.45. The van der Waals surface area contributed by atoms with Crippen molar-refractivity contribution in [2.24, 2.45) is 5.73 Å². The zero-order chi connectivity index (χ0) is 12.1. The number of hydrogen-bond acceptors (Lipinski definition) is 4. The third-order valence-electron chi connectivity index (χ3n) is 2.29. The average molecular weight is 247 g/mol. The number of nitrogens with one attached hydrogen (secondary N) is 1. The minimum Gasteiger partial charge on any atom is -0.385 e. The number of carbonyl (C=O) groups excluding carboxylic acids is 1. The fourth-order valence-electron chi connectivity index (χ4n) is 1.46. The Kier molecular flexibility index (Phi) is 3.72. The van der Waals surface area contributed by atoms with Gasteiger partial charge < -0.3 is 11.1 Å². The van der Waals surface area contributed by atoms with Crippen LogP contribution in [0.4, 0.5) is 5.69 Å². The number of nitrogens with zero attached hydrogens (tertiary/aromatic N) is 1. The highest BCUT2D eigenvalue weighted by atomic mass is 32.1. The molecule has 0 saturated heterocycles. The van der Waals surface area contributed by atoms with Gasteiger partial charge in [0.25, 0.3) is 5.91 Å². The van der Waals surface area contributed by atoms with E-state index < -0.39 is 5.91 Å². The highest BCUT2D eigenvalue weighted by molar-refractivity contribution is 7.09. The van der Waals surface area contributed by atoms with Gasteiger partial charge in [-0.3, -0.25) is 9.78 Å². The first-order valence-corrected chi connectivity index (χ1v) is 6.16. The molecule has 0 aliphatic carbocycles. The molecule has 0 unspecified atom stereocenters. The third kappa shape index (κ3) is 3.29. The summed E-state index contributed by atoms with van der Waals surface area (Å²) in [6, 6.07) is 7.63. The molecule has 2 rings (SSSR count). The van der Waals surface area contributed by atoms with Crippen molar-refractivity contribution >= 4 is 22.9 Å². The predicted octanol–water partition coefficient (Wildman–Crippen LogP) is 1.90. The number of anilines is 1. The van der Waals surface area contributed by atoms with Crippen molar-refractivity contribution in [3.63, 3.8) is 0 Å². The van der Waals surface area contributed by atoms with Gasteiger partial charge in [0.1, 0.15) is 5.69 Å². The fourth-order valence-corrected chi connectivity index (χ4v) is 2.17. The van der Waals surface area contributed by atoms with Crippen LogP contribution in [0.2, 0.25) is 0 Å². The van der Waals surface area contributed by atoms with Crippen LogP contribution in [-0.2, 0) is 6.42 Å². The lowest BCUT2D eigenvalue weighted by atomic mass is 10.3. The van der Waals surface area contributed by atoms with Crippen molar-refractivity contribution in [3.05, 3.63) is 46.4 Å². The molecular formula is C12H13N3OS. The number of rotatable bonds is 5. The van der Waals surface area contributed by atoms with Gasteiger partial charge in [-0.05, 0) is 30.0 Å². The molecule has 0 atom stereocenters. The average Bonchev–Trinajstić information content (AvgIpc) is 2.82. The van der Waals surface area contributed by atoms with Gasteiger partial charge in [-0.2, -0.15) is 0 Å². The molecule has 2 aromatic heterocycles. The van der Waals surface area contributed by atoms with Gasteiger partial charge in [0.2, 0.25) is 0 Å². The predicted molar refractivity (Wildman–Crippen MR) is 69.3 cm³/mol. The maximum absolute atomic E-state index is 10.9. The number of carbonyl (C=O) groups is 1. The molecule has 0 aliphatic heterocycles. The molecule has 3 N–H and O–H groups in total. The second-order valence-electron chi connectivity index (χ2n) is 3.55. The Morgan fingerprint density at radius 2 is 2.35 bits per heavy atom. The Labute approximate surface area is 103 Å². The topological polar surface area (TPSA) is 68.0 Å². The van der Waals surface area contributed by atoms with Crippen LogP contribution >= 0.6 is 11.3 Å². The van der Waals surface area contributed by atoms with Crippen LogP contribution in [0.25, 0.3) is 0 Å². The zero-order valence-electron chi connectivity index (χ0n) is 9.22. The van der Waals surface area contributed by atoms with Gasteiger partial charge >= 0.3 is 0 Å². The molecule has 0 aromatic carbocycles. The summed E-state index contributed by atoms with van der Waals surface area (Å²) in [6.07, 6.45) is 2.54. The number of thiophene rings is 1. The number of amides is 1. The first-order chi connectivity index (χ1) is 8.25. The van der Waals surface area contributed by atoms with Crippen LogP contribution < -0.4 is 11.1 Å². The van der Waals surface area contributed by atoms with E-state index in [-0.39, 0.29) is 5.69 Å². The van der Waals surface area contributed by atoms with Crippen LogP contribution in [0.15, 0.2) is 35.8 Å². The largest absolute Gasteiger partial charge is 0.385 e. The summed E-state index contributed by atoms with van der Waals surface area (Å²) in [4.78, 5) is 16.2. The number of nitrogens with two attached hydrogens (primary N) is 1. The van der Waals surface area contributed by atoms with E-state index in [4.69, 9.17) is 5.73 Å². The first kappa shape index (κ1) is 11.6. The number of pyridine rings is 1.